The normalized spacial score (nSPS) is 13.4. The Kier molecular flexibility index (Phi) is 8.15. The Morgan fingerprint density at radius 2 is 1.62 bits per heavy atom. The molecule has 2 atom stereocenters. The molecule has 0 aliphatic rings. The van der Waals surface area contributed by atoms with Gasteiger partial charge in [-0.05, 0) is 71.8 Å². The summed E-state index contributed by atoms with van der Waals surface area (Å²) < 4.78 is 84.4. The number of halogens is 6. The summed E-state index contributed by atoms with van der Waals surface area (Å²) in [6, 6.07) is 16.3. The molecule has 0 heterocycles. The Hall–Kier alpha value is -4.05. The molecule has 4 rings (SSSR count). The zero-order chi connectivity index (χ0) is 28.3. The van der Waals surface area contributed by atoms with Crippen molar-refractivity contribution in [2.24, 2.45) is 0 Å². The third-order valence-electron chi connectivity index (χ3n) is 6.10. The van der Waals surface area contributed by atoms with Crippen LogP contribution in [0.15, 0.2) is 78.9 Å². The van der Waals surface area contributed by atoms with Crippen LogP contribution in [-0.2, 0) is 6.42 Å². The molecule has 1 amide bonds. The number of aryl methyl sites for hydroxylation is 1. The number of nitrogens with one attached hydrogen (secondary N) is 1. The molecule has 0 saturated heterocycles. The zero-order valence-electron chi connectivity index (χ0n) is 20.5. The van der Waals surface area contributed by atoms with E-state index in [2.05, 4.69) is 10.1 Å². The molecule has 0 spiro atoms. The van der Waals surface area contributed by atoms with E-state index in [4.69, 9.17) is 0 Å². The fourth-order valence-electron chi connectivity index (χ4n) is 4.30. The van der Waals surface area contributed by atoms with E-state index in [0.717, 1.165) is 30.3 Å². The van der Waals surface area contributed by atoms with E-state index in [-0.39, 0.29) is 28.5 Å². The van der Waals surface area contributed by atoms with Crippen LogP contribution in [0, 0.1) is 18.6 Å². The van der Waals surface area contributed by atoms with Gasteiger partial charge in [-0.3, -0.25) is 4.79 Å². The van der Waals surface area contributed by atoms with Crippen LogP contribution >= 0.6 is 0 Å². The minimum Gasteiger partial charge on any atom is -0.428 e. The Labute approximate surface area is 219 Å². The lowest BCUT2D eigenvalue weighted by atomic mass is 9.94. The largest absolute Gasteiger partial charge is 0.461 e. The molecule has 10 heteroatoms. The van der Waals surface area contributed by atoms with Crippen LogP contribution in [0.2, 0.25) is 0 Å². The van der Waals surface area contributed by atoms with Crippen molar-refractivity contribution in [1.82, 2.24) is 5.32 Å². The van der Waals surface area contributed by atoms with Gasteiger partial charge in [0.1, 0.15) is 17.4 Å². The Morgan fingerprint density at radius 1 is 0.949 bits per heavy atom. The summed E-state index contributed by atoms with van der Waals surface area (Å²) in [5, 5.41) is 14.4. The maximum atomic E-state index is 14.3. The van der Waals surface area contributed by atoms with E-state index < -0.39 is 48.0 Å². The second kappa shape index (κ2) is 11.4. The molecule has 2 N–H and O–H groups in total. The van der Waals surface area contributed by atoms with E-state index in [1.54, 1.807) is 24.3 Å². The lowest BCUT2D eigenvalue weighted by Crippen LogP contribution is -2.41. The van der Waals surface area contributed by atoms with Crippen molar-refractivity contribution in [1.29, 1.82) is 0 Å². The summed E-state index contributed by atoms with van der Waals surface area (Å²) >= 11 is 0. The maximum absolute atomic E-state index is 14.3. The summed E-state index contributed by atoms with van der Waals surface area (Å²) in [5.41, 5.74) is 1.05. The second-order valence-electron chi connectivity index (χ2n) is 9.04. The predicted octanol–water partition coefficient (Wildman–Crippen LogP) is 6.74. The van der Waals surface area contributed by atoms with Crippen LogP contribution in [0.3, 0.4) is 0 Å². The SMILES string of the molecule is Cc1cc(C[C@@H](NC(=O)c2ccc(F)c3ccccc23)[C@H](O)c2ccc(F)cc2)cc(OC(F)(F)C(F)F)c1. The molecule has 39 heavy (non-hydrogen) atoms. The minimum absolute atomic E-state index is 0.119. The first-order valence-corrected chi connectivity index (χ1v) is 11.8. The lowest BCUT2D eigenvalue weighted by molar-refractivity contribution is -0.253. The van der Waals surface area contributed by atoms with E-state index in [1.165, 1.54) is 31.2 Å². The van der Waals surface area contributed by atoms with E-state index in [0.29, 0.717) is 10.9 Å². The summed E-state index contributed by atoms with van der Waals surface area (Å²) in [5.74, 6) is -2.27. The van der Waals surface area contributed by atoms with Gasteiger partial charge in [0, 0.05) is 10.9 Å². The molecule has 0 fully saturated rings. The highest BCUT2D eigenvalue weighted by atomic mass is 19.3. The molecular formula is C29H23F6NO3. The number of alkyl halides is 4. The van der Waals surface area contributed by atoms with Crippen molar-refractivity contribution in [2.45, 2.75) is 38.0 Å². The molecule has 0 aromatic heterocycles. The summed E-state index contributed by atoms with van der Waals surface area (Å²) in [7, 11) is 0. The summed E-state index contributed by atoms with van der Waals surface area (Å²) in [4.78, 5) is 13.3. The monoisotopic (exact) mass is 547 g/mol. The number of aliphatic hydroxyl groups excluding tert-OH is 1. The van der Waals surface area contributed by atoms with Gasteiger partial charge in [-0.2, -0.15) is 17.6 Å². The van der Waals surface area contributed by atoms with Crippen molar-refractivity contribution in [2.75, 3.05) is 0 Å². The van der Waals surface area contributed by atoms with Gasteiger partial charge >= 0.3 is 12.5 Å². The third kappa shape index (κ3) is 6.51. The number of hydrogen-bond donors (Lipinski definition) is 2. The molecule has 0 saturated carbocycles. The molecule has 204 valence electrons. The van der Waals surface area contributed by atoms with Gasteiger partial charge < -0.3 is 15.2 Å². The van der Waals surface area contributed by atoms with Crippen molar-refractivity contribution in [3.8, 4) is 5.75 Å². The van der Waals surface area contributed by atoms with Crippen molar-refractivity contribution in [3.63, 3.8) is 0 Å². The van der Waals surface area contributed by atoms with E-state index >= 15 is 0 Å². The molecule has 0 unspecified atom stereocenters. The molecule has 4 nitrogen and oxygen atoms in total. The van der Waals surface area contributed by atoms with Crippen LogP contribution in [-0.4, -0.2) is 29.6 Å². The van der Waals surface area contributed by atoms with Crippen molar-refractivity contribution < 1.29 is 41.0 Å². The molecule has 0 bridgehead atoms. The van der Waals surface area contributed by atoms with Crippen LogP contribution in [0.4, 0.5) is 26.3 Å². The number of amides is 1. The fraction of sp³-hybridized carbons (Fsp3) is 0.207. The van der Waals surface area contributed by atoms with Crippen molar-refractivity contribution >= 4 is 16.7 Å². The third-order valence-corrected chi connectivity index (χ3v) is 6.10. The van der Waals surface area contributed by atoms with Gasteiger partial charge in [0.05, 0.1) is 12.1 Å². The fourth-order valence-corrected chi connectivity index (χ4v) is 4.30. The van der Waals surface area contributed by atoms with Gasteiger partial charge in [0.15, 0.2) is 0 Å². The zero-order valence-corrected chi connectivity index (χ0v) is 20.5. The smallest absolute Gasteiger partial charge is 0.428 e. The highest BCUT2D eigenvalue weighted by molar-refractivity contribution is 6.07. The number of hydrogen-bond acceptors (Lipinski definition) is 3. The first-order chi connectivity index (χ1) is 18.4. The van der Waals surface area contributed by atoms with Crippen LogP contribution in [0.1, 0.15) is 33.2 Å². The van der Waals surface area contributed by atoms with E-state index in [9.17, 15) is 36.2 Å². The molecule has 0 aliphatic carbocycles. The minimum atomic E-state index is -4.73. The average molecular weight is 547 g/mol. The van der Waals surface area contributed by atoms with Gasteiger partial charge in [-0.25, -0.2) is 8.78 Å². The molecule has 4 aromatic rings. The number of benzene rings is 4. The maximum Gasteiger partial charge on any atom is 0.461 e. The van der Waals surface area contributed by atoms with Gasteiger partial charge in [-0.15, -0.1) is 0 Å². The number of aliphatic hydroxyl groups is 1. The molecular weight excluding hydrogens is 524 g/mol. The highest BCUT2D eigenvalue weighted by Gasteiger charge is 2.44. The number of carbonyl (C=O) groups excluding carboxylic acids is 1. The van der Waals surface area contributed by atoms with Gasteiger partial charge in [-0.1, -0.05) is 42.5 Å². The highest BCUT2D eigenvalue weighted by Crippen LogP contribution is 2.30. The summed E-state index contributed by atoms with van der Waals surface area (Å²) in [6.45, 7) is 1.53. The van der Waals surface area contributed by atoms with Crippen LogP contribution < -0.4 is 10.1 Å². The van der Waals surface area contributed by atoms with Crippen LogP contribution in [0.25, 0.3) is 10.8 Å². The molecule has 4 aromatic carbocycles. The number of fused-ring (bicyclic) bond motifs is 1. The Morgan fingerprint density at radius 3 is 2.28 bits per heavy atom. The Bertz CT molecular complexity index is 1480. The second-order valence-corrected chi connectivity index (χ2v) is 9.04. The van der Waals surface area contributed by atoms with Crippen LogP contribution in [0.5, 0.6) is 5.75 Å². The lowest BCUT2D eigenvalue weighted by Gasteiger charge is -2.26. The topological polar surface area (TPSA) is 58.6 Å². The first kappa shape index (κ1) is 28.0. The van der Waals surface area contributed by atoms with Crippen molar-refractivity contribution in [3.05, 3.63) is 113 Å². The molecule has 0 aliphatic heterocycles. The standard InChI is InChI=1S/C29H23F6NO3/c1-16-12-17(14-20(13-16)39-29(34,35)28(32)33)15-25(26(37)18-6-8-19(30)9-7-18)36-27(38)23-10-11-24(31)22-5-3-2-4-21(22)23/h2-14,25-26,28,37H,15H2,1H3,(H,36,38)/t25-,26-/m1/s1. The number of rotatable bonds is 9. The first-order valence-electron chi connectivity index (χ1n) is 11.8. The van der Waals surface area contributed by atoms with Gasteiger partial charge in [0.2, 0.25) is 0 Å². The Balaban J connectivity index is 1.68. The number of ether oxygens (including phenoxy) is 1. The van der Waals surface area contributed by atoms with E-state index in [1.807, 2.05) is 0 Å². The quantitative estimate of drug-likeness (QED) is 0.228. The predicted molar refractivity (Wildman–Crippen MR) is 133 cm³/mol. The number of carbonyl (C=O) groups is 1. The average Bonchev–Trinajstić information content (AvgIpc) is 2.88. The molecule has 0 radical (unpaired) electrons. The summed E-state index contributed by atoms with van der Waals surface area (Å²) in [6.07, 6.45) is -10.3. The van der Waals surface area contributed by atoms with Gasteiger partial charge in [0.25, 0.3) is 5.91 Å².